The number of nitrogens with zero attached hydrogens (tertiary/aromatic N) is 1. The summed E-state index contributed by atoms with van der Waals surface area (Å²) in [7, 11) is -0.404. The van der Waals surface area contributed by atoms with E-state index in [0.29, 0.717) is 10.6 Å². The Labute approximate surface area is 146 Å². The maximum absolute atomic E-state index is 12.8. The molecule has 0 aliphatic carbocycles. The molecule has 0 radical (unpaired) electrons. The standard InChI is InChI=1S/C17H20BrNO3S/c1-12-5-7-16(9-13(12)2)23(20,21)19(3)11-14-10-15(18)6-8-17(14)22-4/h5-10H,11H2,1-4H3. The second kappa shape index (κ2) is 7.03. The lowest BCUT2D eigenvalue weighted by Gasteiger charge is -2.19. The molecule has 0 saturated heterocycles. The van der Waals surface area contributed by atoms with Gasteiger partial charge in [-0.15, -0.1) is 0 Å². The van der Waals surface area contributed by atoms with E-state index in [1.807, 2.05) is 38.1 Å². The molecule has 2 rings (SSSR count). The average Bonchev–Trinajstić information content (AvgIpc) is 2.50. The van der Waals surface area contributed by atoms with Crippen molar-refractivity contribution >= 4 is 26.0 Å². The number of hydrogen-bond acceptors (Lipinski definition) is 3. The first-order valence-corrected chi connectivity index (χ1v) is 9.35. The SMILES string of the molecule is COc1ccc(Br)cc1CN(C)S(=O)(=O)c1ccc(C)c(C)c1. The summed E-state index contributed by atoms with van der Waals surface area (Å²) >= 11 is 3.40. The number of ether oxygens (including phenoxy) is 1. The van der Waals surface area contributed by atoms with E-state index in [2.05, 4.69) is 15.9 Å². The quantitative estimate of drug-likeness (QED) is 0.768. The lowest BCUT2D eigenvalue weighted by Crippen LogP contribution is -2.26. The first-order chi connectivity index (χ1) is 10.8. The first-order valence-electron chi connectivity index (χ1n) is 7.11. The molecule has 0 atom stereocenters. The molecule has 0 spiro atoms. The molecule has 0 unspecified atom stereocenters. The fourth-order valence-corrected chi connectivity index (χ4v) is 3.89. The van der Waals surface area contributed by atoms with Crippen LogP contribution in [0.4, 0.5) is 0 Å². The van der Waals surface area contributed by atoms with Gasteiger partial charge in [-0.3, -0.25) is 0 Å². The molecule has 0 heterocycles. The Morgan fingerprint density at radius 1 is 1.09 bits per heavy atom. The molecule has 23 heavy (non-hydrogen) atoms. The first kappa shape index (κ1) is 18.0. The summed E-state index contributed by atoms with van der Waals surface area (Å²) in [6.45, 7) is 4.10. The van der Waals surface area contributed by atoms with E-state index >= 15 is 0 Å². The summed E-state index contributed by atoms with van der Waals surface area (Å²) in [5.41, 5.74) is 2.83. The Kier molecular flexibility index (Phi) is 5.49. The summed E-state index contributed by atoms with van der Waals surface area (Å²) < 4.78 is 33.0. The summed E-state index contributed by atoms with van der Waals surface area (Å²) in [5, 5.41) is 0. The van der Waals surface area contributed by atoms with Gasteiger partial charge in [0.1, 0.15) is 5.75 Å². The van der Waals surface area contributed by atoms with Gasteiger partial charge in [-0.05, 0) is 55.3 Å². The molecule has 0 saturated carbocycles. The van der Waals surface area contributed by atoms with Crippen molar-refractivity contribution < 1.29 is 13.2 Å². The summed E-state index contributed by atoms with van der Waals surface area (Å²) in [6, 6.07) is 10.7. The van der Waals surface area contributed by atoms with Crippen LogP contribution in [0.25, 0.3) is 0 Å². The third-order valence-electron chi connectivity index (χ3n) is 3.82. The Morgan fingerprint density at radius 2 is 1.78 bits per heavy atom. The molecule has 124 valence electrons. The van der Waals surface area contributed by atoms with E-state index in [0.717, 1.165) is 21.2 Å². The predicted molar refractivity (Wildman–Crippen MR) is 95.3 cm³/mol. The predicted octanol–water partition coefficient (Wildman–Crippen LogP) is 3.90. The second-order valence-electron chi connectivity index (χ2n) is 5.46. The molecule has 6 heteroatoms. The van der Waals surface area contributed by atoms with Gasteiger partial charge in [-0.2, -0.15) is 4.31 Å². The van der Waals surface area contributed by atoms with Crippen LogP contribution in [0.3, 0.4) is 0 Å². The van der Waals surface area contributed by atoms with Gasteiger partial charge in [0.2, 0.25) is 10.0 Å². The number of benzene rings is 2. The topological polar surface area (TPSA) is 46.6 Å². The number of rotatable bonds is 5. The van der Waals surface area contributed by atoms with Crippen LogP contribution in [0, 0.1) is 13.8 Å². The van der Waals surface area contributed by atoms with Gasteiger partial charge < -0.3 is 4.74 Å². The normalized spacial score (nSPS) is 11.7. The maximum Gasteiger partial charge on any atom is 0.243 e. The van der Waals surface area contributed by atoms with E-state index in [9.17, 15) is 8.42 Å². The van der Waals surface area contributed by atoms with Crippen LogP contribution in [-0.4, -0.2) is 26.9 Å². The Balaban J connectivity index is 2.34. The van der Waals surface area contributed by atoms with Crippen LogP contribution >= 0.6 is 15.9 Å². The van der Waals surface area contributed by atoms with Crippen molar-refractivity contribution in [2.75, 3.05) is 14.2 Å². The van der Waals surface area contributed by atoms with Crippen molar-refractivity contribution in [3.63, 3.8) is 0 Å². The number of sulfonamides is 1. The van der Waals surface area contributed by atoms with Crippen molar-refractivity contribution in [2.24, 2.45) is 0 Å². The zero-order chi connectivity index (χ0) is 17.2. The number of methoxy groups -OCH3 is 1. The minimum Gasteiger partial charge on any atom is -0.496 e. The van der Waals surface area contributed by atoms with Crippen molar-refractivity contribution in [3.05, 3.63) is 57.6 Å². The molecule has 0 aromatic heterocycles. The number of halogens is 1. The zero-order valence-corrected chi connectivity index (χ0v) is 16.0. The lowest BCUT2D eigenvalue weighted by molar-refractivity contribution is 0.398. The minimum absolute atomic E-state index is 0.234. The van der Waals surface area contributed by atoms with E-state index in [1.165, 1.54) is 4.31 Å². The largest absolute Gasteiger partial charge is 0.496 e. The highest BCUT2D eigenvalue weighted by Gasteiger charge is 2.22. The van der Waals surface area contributed by atoms with E-state index in [4.69, 9.17) is 4.74 Å². The van der Waals surface area contributed by atoms with Crippen LogP contribution in [-0.2, 0) is 16.6 Å². The molecular formula is C17H20BrNO3S. The van der Waals surface area contributed by atoms with Crippen molar-refractivity contribution in [2.45, 2.75) is 25.3 Å². The Bertz CT molecular complexity index is 819. The summed E-state index contributed by atoms with van der Waals surface area (Å²) in [4.78, 5) is 0.303. The van der Waals surface area contributed by atoms with Gasteiger partial charge in [-0.25, -0.2) is 8.42 Å². The van der Waals surface area contributed by atoms with E-state index in [-0.39, 0.29) is 6.54 Å². The highest BCUT2D eigenvalue weighted by atomic mass is 79.9. The lowest BCUT2D eigenvalue weighted by atomic mass is 10.1. The molecule has 0 bridgehead atoms. The molecular weight excluding hydrogens is 378 g/mol. The number of hydrogen-bond donors (Lipinski definition) is 0. The van der Waals surface area contributed by atoms with Crippen LogP contribution in [0.2, 0.25) is 0 Å². The molecule has 0 N–H and O–H groups in total. The Morgan fingerprint density at radius 3 is 2.39 bits per heavy atom. The molecule has 2 aromatic carbocycles. The van der Waals surface area contributed by atoms with E-state index in [1.54, 1.807) is 26.3 Å². The maximum atomic E-state index is 12.8. The van der Waals surface area contributed by atoms with Crippen LogP contribution < -0.4 is 4.74 Å². The molecule has 2 aromatic rings. The van der Waals surface area contributed by atoms with Gasteiger partial charge in [0, 0.05) is 23.6 Å². The van der Waals surface area contributed by atoms with Gasteiger partial charge in [0.05, 0.1) is 12.0 Å². The molecule has 0 aliphatic rings. The van der Waals surface area contributed by atoms with Crippen LogP contribution in [0.15, 0.2) is 45.8 Å². The average molecular weight is 398 g/mol. The van der Waals surface area contributed by atoms with Gasteiger partial charge >= 0.3 is 0 Å². The third kappa shape index (κ3) is 3.94. The van der Waals surface area contributed by atoms with E-state index < -0.39 is 10.0 Å². The zero-order valence-electron chi connectivity index (χ0n) is 13.6. The van der Waals surface area contributed by atoms with Crippen molar-refractivity contribution in [1.29, 1.82) is 0 Å². The summed E-state index contributed by atoms with van der Waals surface area (Å²) in [6.07, 6.45) is 0. The van der Waals surface area contributed by atoms with Gasteiger partial charge in [-0.1, -0.05) is 22.0 Å². The smallest absolute Gasteiger partial charge is 0.243 e. The van der Waals surface area contributed by atoms with Gasteiger partial charge in [0.15, 0.2) is 0 Å². The second-order valence-corrected chi connectivity index (χ2v) is 8.42. The van der Waals surface area contributed by atoms with Crippen LogP contribution in [0.1, 0.15) is 16.7 Å². The highest BCUT2D eigenvalue weighted by molar-refractivity contribution is 9.10. The third-order valence-corrected chi connectivity index (χ3v) is 6.11. The molecule has 0 aliphatic heterocycles. The van der Waals surface area contributed by atoms with Crippen LogP contribution in [0.5, 0.6) is 5.75 Å². The number of aryl methyl sites for hydroxylation is 2. The monoisotopic (exact) mass is 397 g/mol. The molecule has 0 amide bonds. The molecule has 0 fully saturated rings. The van der Waals surface area contributed by atoms with Crippen molar-refractivity contribution in [1.82, 2.24) is 4.31 Å². The molecule has 4 nitrogen and oxygen atoms in total. The summed E-state index contributed by atoms with van der Waals surface area (Å²) in [5.74, 6) is 0.662. The fourth-order valence-electron chi connectivity index (χ4n) is 2.25. The minimum atomic E-state index is -3.55. The highest BCUT2D eigenvalue weighted by Crippen LogP contribution is 2.26. The van der Waals surface area contributed by atoms with Gasteiger partial charge in [0.25, 0.3) is 0 Å². The Hall–Kier alpha value is -1.37. The fraction of sp³-hybridized carbons (Fsp3) is 0.294. The van der Waals surface area contributed by atoms with Crippen molar-refractivity contribution in [3.8, 4) is 5.75 Å².